The molecule has 0 aliphatic carbocycles. The molecule has 0 saturated carbocycles. The molecule has 0 aromatic heterocycles. The van der Waals surface area contributed by atoms with E-state index < -0.39 is 24.5 Å². The average molecular weight is 719 g/mol. The van der Waals surface area contributed by atoms with Crippen LogP contribution in [0.15, 0.2) is 60.7 Å². The molecule has 2 rings (SSSR count). The van der Waals surface area contributed by atoms with E-state index in [0.717, 1.165) is 88.2 Å². The van der Waals surface area contributed by atoms with Crippen molar-refractivity contribution < 1.29 is 42.6 Å². The topological polar surface area (TPSA) is 83.1 Å². The third-order valence-electron chi connectivity index (χ3n) is 8.27. The highest BCUT2D eigenvalue weighted by molar-refractivity contribution is 5.17. The van der Waals surface area contributed by atoms with Crippen LogP contribution < -0.4 is 0 Å². The Morgan fingerprint density at radius 3 is 1.04 bits per heavy atom. The normalized spacial score (nSPS) is 13.5. The molecular formula is C42H70O9. The Morgan fingerprint density at radius 2 is 0.745 bits per heavy atom. The van der Waals surface area contributed by atoms with Crippen molar-refractivity contribution in [2.24, 2.45) is 0 Å². The maximum atomic E-state index is 6.67. The second-order valence-electron chi connectivity index (χ2n) is 12.9. The van der Waals surface area contributed by atoms with Crippen LogP contribution in [0.3, 0.4) is 0 Å². The monoisotopic (exact) mass is 719 g/mol. The first kappa shape index (κ1) is 45.2. The van der Waals surface area contributed by atoms with Crippen LogP contribution in [-0.4, -0.2) is 52.0 Å². The maximum absolute atomic E-state index is 6.67. The van der Waals surface area contributed by atoms with Gasteiger partial charge in [-0.3, -0.25) is 9.47 Å². The summed E-state index contributed by atoms with van der Waals surface area (Å²) in [6.45, 7) is 14.8. The summed E-state index contributed by atoms with van der Waals surface area (Å²) in [5, 5.41) is 0. The zero-order valence-electron chi connectivity index (χ0n) is 32.7. The van der Waals surface area contributed by atoms with Gasteiger partial charge < -0.3 is 33.2 Å². The van der Waals surface area contributed by atoms with E-state index in [9.17, 15) is 0 Å². The van der Waals surface area contributed by atoms with Gasteiger partial charge in [0.1, 0.15) is 0 Å². The molecule has 2 atom stereocenters. The summed E-state index contributed by atoms with van der Waals surface area (Å²) >= 11 is 0. The summed E-state index contributed by atoms with van der Waals surface area (Å²) in [6.07, 6.45) is 11.0. The van der Waals surface area contributed by atoms with Crippen molar-refractivity contribution in [2.45, 2.75) is 156 Å². The van der Waals surface area contributed by atoms with Crippen LogP contribution in [0.5, 0.6) is 0 Å². The number of hydrogen-bond donors (Lipinski definition) is 0. The molecule has 51 heavy (non-hydrogen) atoms. The molecule has 292 valence electrons. The lowest BCUT2D eigenvalue weighted by atomic mass is 10.2. The summed E-state index contributed by atoms with van der Waals surface area (Å²) in [7, 11) is 0. The fraction of sp³-hybridized carbons (Fsp3) is 0.714. The van der Waals surface area contributed by atoms with Crippen molar-refractivity contribution in [3.63, 3.8) is 0 Å². The van der Waals surface area contributed by atoms with Crippen LogP contribution in [0, 0.1) is 0 Å². The molecule has 0 radical (unpaired) electrons. The fourth-order valence-corrected chi connectivity index (χ4v) is 5.10. The Balaban J connectivity index is 2.23. The second-order valence-corrected chi connectivity index (χ2v) is 12.9. The molecule has 0 saturated heterocycles. The Labute approximate surface area is 309 Å². The fourth-order valence-electron chi connectivity index (χ4n) is 5.10. The highest BCUT2D eigenvalue weighted by Gasteiger charge is 2.38. The zero-order valence-corrected chi connectivity index (χ0v) is 32.7. The van der Waals surface area contributed by atoms with Crippen molar-refractivity contribution in [3.05, 3.63) is 71.8 Å². The van der Waals surface area contributed by atoms with Gasteiger partial charge in [0.25, 0.3) is 11.9 Å². The number of rotatable bonds is 34. The molecular weight excluding hydrogens is 648 g/mol. The molecule has 0 amide bonds. The SMILES string of the molecule is CCCCOC(CCCC)(OCCCC)OC(OCOCOC(OC(CCCC)(OCCCC)OCCCC)c1ccccc1)c1ccccc1. The molecule has 0 aliphatic heterocycles. The van der Waals surface area contributed by atoms with Gasteiger partial charge in [-0.25, -0.2) is 0 Å². The first-order valence-electron chi connectivity index (χ1n) is 19.8. The summed E-state index contributed by atoms with van der Waals surface area (Å²) < 4.78 is 57.4. The molecule has 2 unspecified atom stereocenters. The van der Waals surface area contributed by atoms with E-state index in [0.29, 0.717) is 39.3 Å². The lowest BCUT2D eigenvalue weighted by Crippen LogP contribution is -2.42. The molecule has 0 aliphatic rings. The van der Waals surface area contributed by atoms with E-state index in [1.54, 1.807) is 0 Å². The Kier molecular flexibility index (Phi) is 25.3. The van der Waals surface area contributed by atoms with Gasteiger partial charge in [-0.05, 0) is 38.5 Å². The summed E-state index contributed by atoms with van der Waals surface area (Å²) in [5.74, 6) is -2.47. The molecule has 0 spiro atoms. The van der Waals surface area contributed by atoms with Crippen molar-refractivity contribution in [1.29, 1.82) is 0 Å². The zero-order chi connectivity index (χ0) is 36.9. The van der Waals surface area contributed by atoms with E-state index in [1.807, 2.05) is 60.7 Å². The van der Waals surface area contributed by atoms with Crippen LogP contribution >= 0.6 is 0 Å². The molecule has 0 fully saturated rings. The minimum Gasteiger partial charge on any atom is -0.329 e. The molecule has 9 heteroatoms. The van der Waals surface area contributed by atoms with Gasteiger partial charge in [0.2, 0.25) is 0 Å². The minimum absolute atomic E-state index is 0.101. The predicted molar refractivity (Wildman–Crippen MR) is 201 cm³/mol. The Bertz CT molecular complexity index is 951. The van der Waals surface area contributed by atoms with Crippen LogP contribution in [-0.2, 0) is 42.6 Å². The smallest absolute Gasteiger partial charge is 0.285 e. The first-order valence-corrected chi connectivity index (χ1v) is 19.8. The largest absolute Gasteiger partial charge is 0.329 e. The van der Waals surface area contributed by atoms with E-state index >= 15 is 0 Å². The standard InChI is InChI=1S/C42H70O9/c1-7-13-29-41(46-31-15-9-3,47-32-16-10-4)50-39(37-25-21-19-22-26-37)44-35-43-36-45-40(38-27-23-20-24-28-38)51-42(30-14-8-2,48-33-17-11-5)49-34-18-12-6/h19-28,39-40H,7-18,29-36H2,1-6H3. The van der Waals surface area contributed by atoms with E-state index in [2.05, 4.69) is 41.5 Å². The van der Waals surface area contributed by atoms with Gasteiger partial charge in [0.15, 0.2) is 26.2 Å². The van der Waals surface area contributed by atoms with Gasteiger partial charge in [-0.1, -0.05) is 141 Å². The quantitative estimate of drug-likeness (QED) is 0.0518. The van der Waals surface area contributed by atoms with Crippen LogP contribution in [0.4, 0.5) is 0 Å². The number of ether oxygens (including phenoxy) is 9. The third kappa shape index (κ3) is 18.6. The maximum Gasteiger partial charge on any atom is 0.285 e. The Morgan fingerprint density at radius 1 is 0.431 bits per heavy atom. The van der Waals surface area contributed by atoms with Crippen molar-refractivity contribution in [2.75, 3.05) is 40.0 Å². The van der Waals surface area contributed by atoms with Crippen LogP contribution in [0.1, 0.15) is 155 Å². The van der Waals surface area contributed by atoms with Crippen molar-refractivity contribution >= 4 is 0 Å². The molecule has 0 heterocycles. The lowest BCUT2D eigenvalue weighted by molar-refractivity contribution is -0.435. The third-order valence-corrected chi connectivity index (χ3v) is 8.27. The molecule has 2 aromatic carbocycles. The van der Waals surface area contributed by atoms with Gasteiger partial charge in [-0.2, -0.15) is 0 Å². The van der Waals surface area contributed by atoms with Gasteiger partial charge >= 0.3 is 0 Å². The summed E-state index contributed by atoms with van der Waals surface area (Å²) in [4.78, 5) is 0. The average Bonchev–Trinajstić information content (AvgIpc) is 3.16. The van der Waals surface area contributed by atoms with E-state index in [1.165, 1.54) is 0 Å². The van der Waals surface area contributed by atoms with Crippen molar-refractivity contribution in [3.8, 4) is 0 Å². The van der Waals surface area contributed by atoms with E-state index in [4.69, 9.17) is 42.6 Å². The van der Waals surface area contributed by atoms with Crippen LogP contribution in [0.2, 0.25) is 0 Å². The highest BCUT2D eigenvalue weighted by atomic mass is 16.9. The van der Waals surface area contributed by atoms with E-state index in [-0.39, 0.29) is 13.6 Å². The number of benzene rings is 2. The minimum atomic E-state index is -1.24. The second kappa shape index (κ2) is 28.6. The number of hydrogen-bond acceptors (Lipinski definition) is 9. The van der Waals surface area contributed by atoms with Gasteiger partial charge in [-0.15, -0.1) is 0 Å². The lowest BCUT2D eigenvalue weighted by Gasteiger charge is -2.37. The van der Waals surface area contributed by atoms with Crippen molar-refractivity contribution in [1.82, 2.24) is 0 Å². The highest BCUT2D eigenvalue weighted by Crippen LogP contribution is 2.34. The molecule has 0 bridgehead atoms. The summed E-state index contributed by atoms with van der Waals surface area (Å²) in [5.41, 5.74) is 1.67. The molecule has 0 N–H and O–H groups in total. The van der Waals surface area contributed by atoms with Gasteiger partial charge in [0, 0.05) is 24.0 Å². The summed E-state index contributed by atoms with van der Waals surface area (Å²) in [6, 6.07) is 19.6. The van der Waals surface area contributed by atoms with Crippen LogP contribution in [0.25, 0.3) is 0 Å². The Hall–Kier alpha value is -1.92. The molecule has 9 nitrogen and oxygen atoms in total. The number of unbranched alkanes of at least 4 members (excludes halogenated alkanes) is 6. The molecule has 2 aromatic rings. The predicted octanol–water partition coefficient (Wildman–Crippen LogP) is 11.3. The van der Waals surface area contributed by atoms with Gasteiger partial charge in [0.05, 0.1) is 26.4 Å². The first-order chi connectivity index (χ1) is 25.0.